The molecule has 0 saturated heterocycles. The van der Waals surface area contributed by atoms with E-state index in [2.05, 4.69) is 15.5 Å². The van der Waals surface area contributed by atoms with Crippen LogP contribution in [-0.4, -0.2) is 10.7 Å². The highest BCUT2D eigenvalue weighted by atomic mass is 16.4. The fourth-order valence-electron chi connectivity index (χ4n) is 2.87. The fourth-order valence-corrected chi connectivity index (χ4v) is 2.87. The normalized spacial score (nSPS) is 11.4. The summed E-state index contributed by atoms with van der Waals surface area (Å²) in [7, 11) is 0. The summed E-state index contributed by atoms with van der Waals surface area (Å²) < 4.78 is 6.01. The molecule has 1 aromatic heterocycles. The van der Waals surface area contributed by atoms with Gasteiger partial charge in [0.05, 0.1) is 5.71 Å². The third kappa shape index (κ3) is 3.78. The minimum atomic E-state index is 0.340. The van der Waals surface area contributed by atoms with Gasteiger partial charge in [0.2, 0.25) is 0 Å². The molecule has 0 bridgehead atoms. The van der Waals surface area contributed by atoms with E-state index in [0.717, 1.165) is 33.8 Å². The van der Waals surface area contributed by atoms with Gasteiger partial charge in [0.15, 0.2) is 5.76 Å². The van der Waals surface area contributed by atoms with Crippen LogP contribution in [0.1, 0.15) is 12.5 Å². The van der Waals surface area contributed by atoms with Crippen LogP contribution in [0.15, 0.2) is 94.4 Å². The molecule has 0 radical (unpaired) electrons. The van der Waals surface area contributed by atoms with Crippen LogP contribution in [0.4, 0.5) is 11.7 Å². The SMILES string of the molecule is C/C(=N\Nc1nc(-c2ccccc2)c(-c2ccccc2)o1)c1ccc(N)cc1. The van der Waals surface area contributed by atoms with Crippen molar-refractivity contribution in [2.24, 2.45) is 5.10 Å². The van der Waals surface area contributed by atoms with Gasteiger partial charge in [-0.25, -0.2) is 5.43 Å². The molecule has 3 aromatic carbocycles. The number of anilines is 2. The van der Waals surface area contributed by atoms with Crippen molar-refractivity contribution in [3.63, 3.8) is 0 Å². The number of rotatable bonds is 5. The monoisotopic (exact) mass is 368 g/mol. The molecule has 0 atom stereocenters. The highest BCUT2D eigenvalue weighted by molar-refractivity contribution is 5.99. The van der Waals surface area contributed by atoms with E-state index in [1.54, 1.807) is 0 Å². The van der Waals surface area contributed by atoms with Gasteiger partial charge >= 0.3 is 6.01 Å². The number of hydrogen-bond donors (Lipinski definition) is 2. The highest BCUT2D eigenvalue weighted by Gasteiger charge is 2.16. The number of oxazole rings is 1. The van der Waals surface area contributed by atoms with Gasteiger partial charge in [0, 0.05) is 16.8 Å². The van der Waals surface area contributed by atoms with Gasteiger partial charge in [-0.1, -0.05) is 72.8 Å². The first-order valence-corrected chi connectivity index (χ1v) is 8.98. The maximum absolute atomic E-state index is 6.01. The van der Waals surface area contributed by atoms with Gasteiger partial charge in [-0.05, 0) is 24.6 Å². The minimum absolute atomic E-state index is 0.340. The molecule has 138 valence electrons. The molecule has 0 fully saturated rings. The van der Waals surface area contributed by atoms with Crippen molar-refractivity contribution < 1.29 is 4.42 Å². The van der Waals surface area contributed by atoms with Crippen molar-refractivity contribution in [2.75, 3.05) is 11.2 Å². The Kier molecular flexibility index (Phi) is 4.89. The molecule has 0 aliphatic carbocycles. The lowest BCUT2D eigenvalue weighted by Crippen LogP contribution is -2.00. The zero-order chi connectivity index (χ0) is 19.3. The van der Waals surface area contributed by atoms with Gasteiger partial charge in [0.25, 0.3) is 0 Å². The molecular formula is C23H20N4O. The first kappa shape index (κ1) is 17.5. The number of aromatic nitrogens is 1. The minimum Gasteiger partial charge on any atom is -0.422 e. The standard InChI is InChI=1S/C23H20N4O/c1-16(17-12-14-20(24)15-13-17)26-27-23-25-21(18-8-4-2-5-9-18)22(28-23)19-10-6-3-7-11-19/h2-15H,24H2,1H3,(H,25,27)/b26-16+. The fraction of sp³-hybridized carbons (Fsp3) is 0.0435. The first-order chi connectivity index (χ1) is 13.7. The van der Waals surface area contributed by atoms with Gasteiger partial charge in [-0.15, -0.1) is 0 Å². The second-order valence-electron chi connectivity index (χ2n) is 6.36. The largest absolute Gasteiger partial charge is 0.422 e. The summed E-state index contributed by atoms with van der Waals surface area (Å²) >= 11 is 0. The third-order valence-electron chi connectivity index (χ3n) is 4.36. The van der Waals surface area contributed by atoms with E-state index in [1.165, 1.54) is 0 Å². The van der Waals surface area contributed by atoms with E-state index < -0.39 is 0 Å². The number of hydrazone groups is 1. The van der Waals surface area contributed by atoms with Gasteiger partial charge in [-0.2, -0.15) is 10.1 Å². The average Bonchev–Trinajstić information content (AvgIpc) is 3.18. The van der Waals surface area contributed by atoms with Gasteiger partial charge in [0.1, 0.15) is 5.69 Å². The first-order valence-electron chi connectivity index (χ1n) is 8.98. The number of benzene rings is 3. The molecule has 0 amide bonds. The summed E-state index contributed by atoms with van der Waals surface area (Å²) in [4.78, 5) is 4.63. The van der Waals surface area contributed by atoms with E-state index in [-0.39, 0.29) is 0 Å². The van der Waals surface area contributed by atoms with Crippen molar-refractivity contribution in [3.8, 4) is 22.6 Å². The van der Waals surface area contributed by atoms with Crippen molar-refractivity contribution in [1.29, 1.82) is 0 Å². The van der Waals surface area contributed by atoms with E-state index in [1.807, 2.05) is 91.9 Å². The molecule has 5 nitrogen and oxygen atoms in total. The Morgan fingerprint density at radius 3 is 2.11 bits per heavy atom. The Balaban J connectivity index is 1.67. The number of nitrogen functional groups attached to an aromatic ring is 1. The second kappa shape index (κ2) is 7.80. The van der Waals surface area contributed by atoms with Crippen molar-refractivity contribution >= 4 is 17.4 Å². The lowest BCUT2D eigenvalue weighted by atomic mass is 10.1. The summed E-state index contributed by atoms with van der Waals surface area (Å²) in [5.74, 6) is 0.703. The molecule has 28 heavy (non-hydrogen) atoms. The van der Waals surface area contributed by atoms with Crippen LogP contribution in [0, 0.1) is 0 Å². The lowest BCUT2D eigenvalue weighted by molar-refractivity contribution is 0.587. The molecule has 0 unspecified atom stereocenters. The van der Waals surface area contributed by atoms with Crippen molar-refractivity contribution in [2.45, 2.75) is 6.92 Å². The van der Waals surface area contributed by atoms with E-state index >= 15 is 0 Å². The molecule has 4 rings (SSSR count). The molecule has 3 N–H and O–H groups in total. The Hall–Kier alpha value is -3.86. The molecular weight excluding hydrogens is 348 g/mol. The summed E-state index contributed by atoms with van der Waals surface area (Å²) in [6.45, 7) is 1.91. The third-order valence-corrected chi connectivity index (χ3v) is 4.36. The predicted octanol–water partition coefficient (Wildman–Crippen LogP) is 5.43. The Morgan fingerprint density at radius 1 is 0.857 bits per heavy atom. The highest BCUT2D eigenvalue weighted by Crippen LogP contribution is 2.34. The van der Waals surface area contributed by atoms with Crippen LogP contribution in [0.3, 0.4) is 0 Å². The van der Waals surface area contributed by atoms with E-state index in [4.69, 9.17) is 10.2 Å². The Bertz CT molecular complexity index is 1030. The van der Waals surface area contributed by atoms with Crippen molar-refractivity contribution in [1.82, 2.24) is 4.98 Å². The van der Waals surface area contributed by atoms with Crippen LogP contribution in [0.2, 0.25) is 0 Å². The van der Waals surface area contributed by atoms with Gasteiger partial charge in [-0.3, -0.25) is 0 Å². The molecule has 4 aromatic rings. The zero-order valence-corrected chi connectivity index (χ0v) is 15.5. The number of nitrogens with one attached hydrogen (secondary N) is 1. The van der Waals surface area contributed by atoms with Crippen molar-refractivity contribution in [3.05, 3.63) is 90.5 Å². The molecule has 1 heterocycles. The summed E-state index contributed by atoms with van der Waals surface area (Å²) in [6.07, 6.45) is 0. The smallest absolute Gasteiger partial charge is 0.316 e. The van der Waals surface area contributed by atoms with Crippen LogP contribution < -0.4 is 11.2 Å². The molecule has 0 spiro atoms. The van der Waals surface area contributed by atoms with Crippen LogP contribution in [-0.2, 0) is 0 Å². The predicted molar refractivity (Wildman–Crippen MR) is 114 cm³/mol. The van der Waals surface area contributed by atoms with Crippen LogP contribution in [0.25, 0.3) is 22.6 Å². The number of nitrogens with zero attached hydrogens (tertiary/aromatic N) is 2. The number of hydrogen-bond acceptors (Lipinski definition) is 5. The molecule has 0 aliphatic rings. The number of nitrogens with two attached hydrogens (primary N) is 1. The quantitative estimate of drug-likeness (QED) is 0.280. The summed E-state index contributed by atoms with van der Waals surface area (Å²) in [5, 5.41) is 4.41. The van der Waals surface area contributed by atoms with Gasteiger partial charge < -0.3 is 10.2 Å². The maximum Gasteiger partial charge on any atom is 0.316 e. The lowest BCUT2D eigenvalue weighted by Gasteiger charge is -2.01. The Morgan fingerprint density at radius 2 is 1.46 bits per heavy atom. The van der Waals surface area contributed by atoms with Crippen LogP contribution in [0.5, 0.6) is 0 Å². The molecule has 0 saturated carbocycles. The molecule has 5 heteroatoms. The Labute approximate surface area is 163 Å². The van der Waals surface area contributed by atoms with E-state index in [0.29, 0.717) is 11.8 Å². The zero-order valence-electron chi connectivity index (χ0n) is 15.5. The van der Waals surface area contributed by atoms with E-state index in [9.17, 15) is 0 Å². The maximum atomic E-state index is 6.01. The molecule has 0 aliphatic heterocycles. The second-order valence-corrected chi connectivity index (χ2v) is 6.36. The summed E-state index contributed by atoms with van der Waals surface area (Å²) in [6, 6.07) is 27.8. The topological polar surface area (TPSA) is 76.4 Å². The average molecular weight is 368 g/mol. The van der Waals surface area contributed by atoms with Crippen LogP contribution >= 0.6 is 0 Å². The summed E-state index contributed by atoms with van der Waals surface area (Å²) in [5.41, 5.74) is 13.9.